The van der Waals surface area contributed by atoms with Crippen molar-refractivity contribution in [1.29, 1.82) is 0 Å². The van der Waals surface area contributed by atoms with E-state index in [0.717, 1.165) is 29.4 Å². The number of fused-ring (bicyclic) bond motifs is 1. The lowest BCUT2D eigenvalue weighted by Crippen LogP contribution is -2.34. The molecule has 0 saturated heterocycles. The molecule has 1 saturated carbocycles. The highest BCUT2D eigenvalue weighted by Crippen LogP contribution is 2.44. The summed E-state index contributed by atoms with van der Waals surface area (Å²) >= 11 is 1.56. The van der Waals surface area contributed by atoms with Gasteiger partial charge in [0.25, 0.3) is 0 Å². The number of nitrogens with zero attached hydrogens (tertiary/aromatic N) is 6. The van der Waals surface area contributed by atoms with Gasteiger partial charge in [-0.15, -0.1) is 22.0 Å². The summed E-state index contributed by atoms with van der Waals surface area (Å²) in [7, 11) is 3.51. The van der Waals surface area contributed by atoms with Crippen LogP contribution in [-0.4, -0.2) is 41.2 Å². The molecule has 0 N–H and O–H groups in total. The van der Waals surface area contributed by atoms with Crippen molar-refractivity contribution in [3.05, 3.63) is 17.6 Å². The average Bonchev–Trinajstić information content (AvgIpc) is 3.37. The van der Waals surface area contributed by atoms with Crippen LogP contribution in [0.25, 0.3) is 22.7 Å². The number of thioether (sulfide) groups is 1. The molecule has 0 unspecified atom stereocenters. The Hall–Kier alpha value is -2.24. The highest BCUT2D eigenvalue weighted by Gasteiger charge is 2.60. The number of imidazole rings is 2. The third-order valence-corrected chi connectivity index (χ3v) is 5.84. The smallest absolute Gasteiger partial charge is 0.325 e. The first-order valence-corrected chi connectivity index (χ1v) is 9.89. The van der Waals surface area contributed by atoms with E-state index < -0.39 is 17.8 Å². The summed E-state index contributed by atoms with van der Waals surface area (Å²) in [5.74, 6) is -2.70. The average molecular weight is 432 g/mol. The van der Waals surface area contributed by atoms with Gasteiger partial charge in [0, 0.05) is 20.0 Å². The third-order valence-electron chi connectivity index (χ3n) is 4.81. The van der Waals surface area contributed by atoms with Crippen LogP contribution >= 0.6 is 11.8 Å². The van der Waals surface area contributed by atoms with E-state index in [2.05, 4.69) is 15.2 Å². The molecule has 1 fully saturated rings. The predicted molar refractivity (Wildman–Crippen MR) is 96.8 cm³/mol. The molecule has 12 heteroatoms. The van der Waals surface area contributed by atoms with Crippen molar-refractivity contribution in [1.82, 2.24) is 29.3 Å². The quantitative estimate of drug-likeness (QED) is 0.442. The van der Waals surface area contributed by atoms with E-state index in [1.165, 1.54) is 4.57 Å². The van der Waals surface area contributed by atoms with Crippen LogP contribution in [0.15, 0.2) is 11.1 Å². The first-order valence-electron chi connectivity index (χ1n) is 8.91. The van der Waals surface area contributed by atoms with Gasteiger partial charge in [-0.05, 0) is 24.7 Å². The van der Waals surface area contributed by atoms with Crippen LogP contribution in [-0.2, 0) is 20.0 Å². The Kier molecular flexibility index (Phi) is 4.59. The normalized spacial score (nSPS) is 15.4. The predicted octanol–water partition coefficient (Wildman–Crippen LogP) is 4.41. The molecule has 0 amide bonds. The van der Waals surface area contributed by atoms with E-state index in [-0.39, 0.29) is 11.2 Å². The van der Waals surface area contributed by atoms with Gasteiger partial charge in [0.05, 0.1) is 0 Å². The Morgan fingerprint density at radius 1 is 1.07 bits per heavy atom. The zero-order valence-electron chi connectivity index (χ0n) is 15.8. The molecule has 0 bridgehead atoms. The third kappa shape index (κ3) is 3.17. The van der Waals surface area contributed by atoms with E-state index in [4.69, 9.17) is 4.98 Å². The van der Waals surface area contributed by atoms with Crippen molar-refractivity contribution < 1.29 is 22.0 Å². The lowest BCUT2D eigenvalue weighted by atomic mass is 10.2. The molecule has 1 aliphatic carbocycles. The molecule has 0 radical (unpaired) electrons. The van der Waals surface area contributed by atoms with Crippen molar-refractivity contribution in [3.63, 3.8) is 0 Å². The minimum absolute atomic E-state index is 0.0949. The van der Waals surface area contributed by atoms with Crippen molar-refractivity contribution in [2.45, 2.75) is 42.8 Å². The topological polar surface area (TPSA) is 61.4 Å². The number of hydrogen-bond acceptors (Lipinski definition) is 5. The van der Waals surface area contributed by atoms with Crippen LogP contribution in [0.5, 0.6) is 0 Å². The van der Waals surface area contributed by atoms with Gasteiger partial charge in [0.2, 0.25) is 0 Å². The fraction of sp³-hybridized carbons (Fsp3) is 0.529. The first-order chi connectivity index (χ1) is 13.6. The van der Waals surface area contributed by atoms with Crippen LogP contribution in [0, 0.1) is 0 Å². The largest absolute Gasteiger partial charge is 0.459 e. The van der Waals surface area contributed by atoms with E-state index in [9.17, 15) is 22.0 Å². The molecule has 29 heavy (non-hydrogen) atoms. The molecular formula is C17H17F5N6S. The van der Waals surface area contributed by atoms with Crippen molar-refractivity contribution in [2.75, 3.05) is 5.75 Å². The Balaban J connectivity index is 1.86. The van der Waals surface area contributed by atoms with Gasteiger partial charge < -0.3 is 9.13 Å². The minimum atomic E-state index is -5.77. The van der Waals surface area contributed by atoms with E-state index >= 15 is 0 Å². The van der Waals surface area contributed by atoms with E-state index in [0.29, 0.717) is 23.5 Å². The SMILES string of the molecule is CCSc1c(-c2nc3cc(C(F)(F)C(F)(F)F)nnc3n2C)nc(C2CC2)n1C. The van der Waals surface area contributed by atoms with E-state index in [1.54, 1.807) is 18.8 Å². The number of hydrogen-bond donors (Lipinski definition) is 0. The molecule has 0 spiro atoms. The molecule has 3 aromatic rings. The lowest BCUT2D eigenvalue weighted by Gasteiger charge is -2.17. The fourth-order valence-electron chi connectivity index (χ4n) is 3.15. The van der Waals surface area contributed by atoms with Crippen LogP contribution in [0.4, 0.5) is 22.0 Å². The summed E-state index contributed by atoms with van der Waals surface area (Å²) in [6.07, 6.45) is -3.67. The van der Waals surface area contributed by atoms with Crippen LogP contribution in [0.1, 0.15) is 37.2 Å². The van der Waals surface area contributed by atoms with E-state index in [1.807, 2.05) is 18.5 Å². The summed E-state index contributed by atoms with van der Waals surface area (Å²) in [5, 5.41) is 7.57. The number of alkyl halides is 5. The summed E-state index contributed by atoms with van der Waals surface area (Å²) in [6.45, 7) is 1.99. The lowest BCUT2D eigenvalue weighted by molar-refractivity contribution is -0.291. The molecule has 3 heterocycles. The number of rotatable bonds is 5. The number of aryl methyl sites for hydroxylation is 1. The Bertz CT molecular complexity index is 1080. The zero-order chi connectivity index (χ0) is 21.1. The van der Waals surface area contributed by atoms with Gasteiger partial charge in [0.1, 0.15) is 27.8 Å². The van der Waals surface area contributed by atoms with Crippen LogP contribution in [0.2, 0.25) is 0 Å². The molecule has 4 rings (SSSR count). The Labute approximate surface area is 166 Å². The second kappa shape index (κ2) is 6.64. The fourth-order valence-corrected chi connectivity index (χ4v) is 3.99. The second-order valence-corrected chi connectivity index (χ2v) is 8.15. The molecule has 156 valence electrons. The highest BCUT2D eigenvalue weighted by molar-refractivity contribution is 7.99. The molecule has 0 atom stereocenters. The van der Waals surface area contributed by atoms with Gasteiger partial charge in [0.15, 0.2) is 11.5 Å². The maximum atomic E-state index is 13.7. The van der Waals surface area contributed by atoms with Gasteiger partial charge >= 0.3 is 12.1 Å². The summed E-state index contributed by atoms with van der Waals surface area (Å²) in [6, 6.07) is 0.636. The maximum Gasteiger partial charge on any atom is 0.459 e. The monoisotopic (exact) mass is 432 g/mol. The van der Waals surface area contributed by atoms with Crippen molar-refractivity contribution >= 4 is 22.9 Å². The first kappa shape index (κ1) is 20.0. The van der Waals surface area contributed by atoms with Crippen molar-refractivity contribution in [3.8, 4) is 11.5 Å². The van der Waals surface area contributed by atoms with Gasteiger partial charge in [-0.3, -0.25) is 0 Å². The zero-order valence-corrected chi connectivity index (χ0v) is 16.6. The number of aromatic nitrogens is 6. The highest BCUT2D eigenvalue weighted by atomic mass is 32.2. The Morgan fingerprint density at radius 2 is 1.76 bits per heavy atom. The number of halogens is 5. The molecular weight excluding hydrogens is 415 g/mol. The second-order valence-electron chi connectivity index (χ2n) is 6.90. The van der Waals surface area contributed by atoms with Gasteiger partial charge in [-0.25, -0.2) is 9.97 Å². The minimum Gasteiger partial charge on any atom is -0.325 e. The van der Waals surface area contributed by atoms with Crippen LogP contribution < -0.4 is 0 Å². The molecule has 0 aliphatic heterocycles. The molecule has 0 aromatic carbocycles. The summed E-state index contributed by atoms with van der Waals surface area (Å²) in [5.41, 5.74) is -0.911. The molecule has 3 aromatic heterocycles. The van der Waals surface area contributed by atoms with Gasteiger partial charge in [-0.1, -0.05) is 6.92 Å². The van der Waals surface area contributed by atoms with Gasteiger partial charge in [-0.2, -0.15) is 22.0 Å². The summed E-state index contributed by atoms with van der Waals surface area (Å²) in [4.78, 5) is 9.00. The van der Waals surface area contributed by atoms with Crippen LogP contribution in [0.3, 0.4) is 0 Å². The maximum absolute atomic E-state index is 13.7. The van der Waals surface area contributed by atoms with Crippen molar-refractivity contribution in [2.24, 2.45) is 14.1 Å². The standard InChI is InChI=1S/C17H17F5N6S/c1-4-29-15-11(24-12(28(15)3)8-5-6-8)14-23-9-7-10(16(18,19)17(20,21)22)25-26-13(9)27(14)2/h7-8H,4-6H2,1-3H3. The molecule has 6 nitrogen and oxygen atoms in total. The Morgan fingerprint density at radius 3 is 2.34 bits per heavy atom. The summed E-state index contributed by atoms with van der Waals surface area (Å²) < 4.78 is 68.8. The molecule has 1 aliphatic rings.